The lowest BCUT2D eigenvalue weighted by atomic mass is 10.2. The third-order valence-electron chi connectivity index (χ3n) is 3.11. The van der Waals surface area contributed by atoms with Gasteiger partial charge in [-0.25, -0.2) is 4.72 Å². The topological polar surface area (TPSA) is 78.7 Å². The fraction of sp³-hybridized carbons (Fsp3) is 0.900. The molecule has 1 fully saturated rings. The molecule has 0 spiro atoms. The third kappa shape index (κ3) is 4.13. The van der Waals surface area contributed by atoms with E-state index in [-0.39, 0.29) is 6.04 Å². The minimum Gasteiger partial charge on any atom is -0.392 e. The van der Waals surface area contributed by atoms with Crippen molar-refractivity contribution in [1.29, 1.82) is 0 Å². The highest BCUT2D eigenvalue weighted by atomic mass is 32.2. The number of piperazine rings is 1. The normalized spacial score (nSPS) is 20.8. The Hall–Kier alpha value is -0.280. The molecule has 6 nitrogen and oxygen atoms in total. The van der Waals surface area contributed by atoms with Crippen molar-refractivity contribution in [3.8, 4) is 0 Å². The molecule has 0 radical (unpaired) electrons. The number of rotatable bonds is 6. The molecular formula is C10H22N4O2S2. The van der Waals surface area contributed by atoms with Gasteiger partial charge in [0.25, 0.3) is 10.2 Å². The fourth-order valence-electron chi connectivity index (χ4n) is 1.83. The molecule has 0 bridgehead atoms. The van der Waals surface area contributed by atoms with Gasteiger partial charge in [0, 0.05) is 32.7 Å². The van der Waals surface area contributed by atoms with Gasteiger partial charge in [0.15, 0.2) is 0 Å². The van der Waals surface area contributed by atoms with Crippen LogP contribution in [0.5, 0.6) is 0 Å². The van der Waals surface area contributed by atoms with Gasteiger partial charge in [0.2, 0.25) is 0 Å². The summed E-state index contributed by atoms with van der Waals surface area (Å²) in [6, 6.07) is 0.0217. The van der Waals surface area contributed by atoms with Gasteiger partial charge in [0.05, 0.1) is 11.0 Å². The van der Waals surface area contributed by atoms with Crippen LogP contribution in [-0.4, -0.2) is 61.4 Å². The summed E-state index contributed by atoms with van der Waals surface area (Å²) < 4.78 is 27.9. The van der Waals surface area contributed by atoms with E-state index in [4.69, 9.17) is 18.0 Å². The molecule has 0 saturated carbocycles. The van der Waals surface area contributed by atoms with Gasteiger partial charge in [-0.05, 0) is 13.3 Å². The zero-order valence-electron chi connectivity index (χ0n) is 10.9. The zero-order valence-corrected chi connectivity index (χ0v) is 12.6. The predicted molar refractivity (Wildman–Crippen MR) is 76.6 cm³/mol. The van der Waals surface area contributed by atoms with E-state index in [0.29, 0.717) is 37.7 Å². The Morgan fingerprint density at radius 2 is 1.94 bits per heavy atom. The van der Waals surface area contributed by atoms with E-state index in [9.17, 15) is 8.42 Å². The number of hydrogen-bond donors (Lipinski definition) is 2. The number of nitrogens with one attached hydrogen (secondary N) is 1. The van der Waals surface area contributed by atoms with Crippen LogP contribution in [0.4, 0.5) is 0 Å². The molecule has 0 aliphatic carbocycles. The first-order valence-electron chi connectivity index (χ1n) is 6.16. The van der Waals surface area contributed by atoms with Crippen molar-refractivity contribution in [3.05, 3.63) is 0 Å². The summed E-state index contributed by atoms with van der Waals surface area (Å²) in [5.74, 6) is 0. The molecule has 0 amide bonds. The lowest BCUT2D eigenvalue weighted by Crippen LogP contribution is -2.55. The molecule has 1 atom stereocenters. The molecular weight excluding hydrogens is 272 g/mol. The average Bonchev–Trinajstić information content (AvgIpc) is 2.35. The van der Waals surface area contributed by atoms with Gasteiger partial charge in [0.1, 0.15) is 0 Å². The van der Waals surface area contributed by atoms with Gasteiger partial charge >= 0.3 is 0 Å². The van der Waals surface area contributed by atoms with Crippen LogP contribution in [0.2, 0.25) is 0 Å². The first-order valence-corrected chi connectivity index (χ1v) is 8.01. The summed E-state index contributed by atoms with van der Waals surface area (Å²) in [5.41, 5.74) is 5.60. The van der Waals surface area contributed by atoms with E-state index >= 15 is 0 Å². The Morgan fingerprint density at radius 1 is 1.39 bits per heavy atom. The van der Waals surface area contributed by atoms with E-state index in [1.807, 2.05) is 13.8 Å². The van der Waals surface area contributed by atoms with E-state index in [1.165, 1.54) is 4.31 Å². The summed E-state index contributed by atoms with van der Waals surface area (Å²) in [7, 11) is -3.32. The third-order valence-corrected chi connectivity index (χ3v) is 5.06. The molecule has 8 heteroatoms. The minimum atomic E-state index is -3.32. The minimum absolute atomic E-state index is 0.0217. The number of hydrogen-bond acceptors (Lipinski definition) is 4. The first kappa shape index (κ1) is 15.8. The Balaban J connectivity index is 2.51. The molecule has 1 unspecified atom stereocenters. The van der Waals surface area contributed by atoms with Crippen LogP contribution < -0.4 is 10.5 Å². The van der Waals surface area contributed by atoms with Crippen LogP contribution >= 0.6 is 12.2 Å². The lowest BCUT2D eigenvalue weighted by molar-refractivity contribution is 0.174. The van der Waals surface area contributed by atoms with E-state index in [2.05, 4.69) is 9.62 Å². The molecule has 1 rings (SSSR count). The van der Waals surface area contributed by atoms with Crippen molar-refractivity contribution < 1.29 is 8.42 Å². The van der Waals surface area contributed by atoms with Crippen molar-refractivity contribution in [3.63, 3.8) is 0 Å². The molecule has 18 heavy (non-hydrogen) atoms. The highest BCUT2D eigenvalue weighted by Crippen LogP contribution is 2.09. The lowest BCUT2D eigenvalue weighted by Gasteiger charge is -2.36. The second kappa shape index (κ2) is 6.76. The van der Waals surface area contributed by atoms with E-state index in [1.54, 1.807) is 0 Å². The van der Waals surface area contributed by atoms with Crippen LogP contribution in [-0.2, 0) is 10.2 Å². The van der Waals surface area contributed by atoms with Gasteiger partial charge in [-0.15, -0.1) is 0 Å². The summed E-state index contributed by atoms with van der Waals surface area (Å²) in [6.45, 7) is 6.63. The Bertz CT molecular complexity index is 377. The highest BCUT2D eigenvalue weighted by molar-refractivity contribution is 7.87. The highest BCUT2D eigenvalue weighted by Gasteiger charge is 2.28. The Kier molecular flexibility index (Phi) is 5.93. The predicted octanol–water partition coefficient (Wildman–Crippen LogP) is -0.477. The van der Waals surface area contributed by atoms with E-state index in [0.717, 1.165) is 6.42 Å². The SMILES string of the molecule is CCCNS(=O)(=O)N1CCN(C(C)C(N)=S)CC1. The molecule has 1 heterocycles. The number of thiocarbonyl (C=S) groups is 1. The molecule has 1 aliphatic rings. The second-order valence-corrected chi connectivity index (χ2v) is 6.64. The van der Waals surface area contributed by atoms with Gasteiger partial charge < -0.3 is 5.73 Å². The maximum absolute atomic E-state index is 11.9. The standard InChI is InChI=1S/C10H22N4O2S2/c1-3-4-12-18(15,16)14-7-5-13(6-8-14)9(2)10(11)17/h9,12H,3-8H2,1-2H3,(H2,11,17). The van der Waals surface area contributed by atoms with Crippen molar-refractivity contribution in [2.45, 2.75) is 26.3 Å². The van der Waals surface area contributed by atoms with Crippen LogP contribution in [0.1, 0.15) is 20.3 Å². The maximum Gasteiger partial charge on any atom is 0.279 e. The Labute approximate surface area is 115 Å². The number of nitrogens with two attached hydrogens (primary N) is 1. The van der Waals surface area contributed by atoms with Crippen LogP contribution in [0.15, 0.2) is 0 Å². The molecule has 1 aliphatic heterocycles. The molecule has 0 aromatic rings. The van der Waals surface area contributed by atoms with Crippen molar-refractivity contribution >= 4 is 27.4 Å². The van der Waals surface area contributed by atoms with Gasteiger partial charge in [-0.2, -0.15) is 12.7 Å². The Morgan fingerprint density at radius 3 is 2.39 bits per heavy atom. The smallest absolute Gasteiger partial charge is 0.279 e. The monoisotopic (exact) mass is 294 g/mol. The summed E-state index contributed by atoms with van der Waals surface area (Å²) in [4.78, 5) is 2.56. The average molecular weight is 294 g/mol. The fourth-order valence-corrected chi connectivity index (χ4v) is 3.27. The molecule has 3 N–H and O–H groups in total. The van der Waals surface area contributed by atoms with Crippen molar-refractivity contribution in [1.82, 2.24) is 13.9 Å². The quantitative estimate of drug-likeness (QED) is 0.647. The largest absolute Gasteiger partial charge is 0.392 e. The summed E-state index contributed by atoms with van der Waals surface area (Å²) in [5, 5.41) is 0. The molecule has 106 valence electrons. The van der Waals surface area contributed by atoms with E-state index < -0.39 is 10.2 Å². The first-order chi connectivity index (χ1) is 8.38. The van der Waals surface area contributed by atoms with Crippen LogP contribution in [0.3, 0.4) is 0 Å². The zero-order chi connectivity index (χ0) is 13.8. The number of nitrogens with zero attached hydrogens (tertiary/aromatic N) is 2. The maximum atomic E-state index is 11.9. The van der Waals surface area contributed by atoms with Gasteiger partial charge in [-0.3, -0.25) is 4.90 Å². The van der Waals surface area contributed by atoms with Gasteiger partial charge in [-0.1, -0.05) is 19.1 Å². The summed E-state index contributed by atoms with van der Waals surface area (Å²) >= 11 is 4.95. The summed E-state index contributed by atoms with van der Waals surface area (Å²) in [6.07, 6.45) is 0.789. The van der Waals surface area contributed by atoms with Crippen LogP contribution in [0, 0.1) is 0 Å². The molecule has 1 saturated heterocycles. The van der Waals surface area contributed by atoms with Crippen molar-refractivity contribution in [2.75, 3.05) is 32.7 Å². The second-order valence-electron chi connectivity index (χ2n) is 4.41. The van der Waals surface area contributed by atoms with Crippen molar-refractivity contribution in [2.24, 2.45) is 5.73 Å². The van der Waals surface area contributed by atoms with Crippen LogP contribution in [0.25, 0.3) is 0 Å². The molecule has 0 aromatic carbocycles. The molecule has 0 aromatic heterocycles.